The summed E-state index contributed by atoms with van der Waals surface area (Å²) in [6.45, 7) is 0. The van der Waals surface area contributed by atoms with E-state index in [1.165, 1.54) is 0 Å². The van der Waals surface area contributed by atoms with Crippen LogP contribution in [0.15, 0.2) is 30.5 Å². The number of anilines is 2. The lowest BCUT2D eigenvalue weighted by molar-refractivity contribution is 0.389. The fourth-order valence-electron chi connectivity index (χ4n) is 1.42. The second-order valence-electron chi connectivity index (χ2n) is 2.96. The fourth-order valence-corrected chi connectivity index (χ4v) is 1.42. The Morgan fingerprint density at radius 2 is 2.21 bits per heavy atom. The lowest BCUT2D eigenvalue weighted by atomic mass is 10.1. The van der Waals surface area contributed by atoms with Crippen molar-refractivity contribution < 1.29 is 5.21 Å². The SMILES string of the molecule is CNc1cc(NO)c2ncccc2c1. The van der Waals surface area contributed by atoms with Crippen molar-refractivity contribution >= 4 is 22.3 Å². The first-order valence-corrected chi connectivity index (χ1v) is 4.32. The summed E-state index contributed by atoms with van der Waals surface area (Å²) in [7, 11) is 1.83. The quantitative estimate of drug-likeness (QED) is 0.633. The van der Waals surface area contributed by atoms with Crippen LogP contribution in [0.5, 0.6) is 0 Å². The summed E-state index contributed by atoms with van der Waals surface area (Å²) >= 11 is 0. The molecular weight excluding hydrogens is 178 g/mol. The van der Waals surface area contributed by atoms with Gasteiger partial charge in [0.15, 0.2) is 0 Å². The van der Waals surface area contributed by atoms with E-state index in [2.05, 4.69) is 15.8 Å². The molecule has 0 atom stereocenters. The van der Waals surface area contributed by atoms with Crippen LogP contribution >= 0.6 is 0 Å². The number of nitrogens with zero attached hydrogens (tertiary/aromatic N) is 1. The molecule has 0 spiro atoms. The number of nitrogens with one attached hydrogen (secondary N) is 2. The minimum Gasteiger partial charge on any atom is -0.388 e. The predicted molar refractivity (Wildman–Crippen MR) is 56.7 cm³/mol. The van der Waals surface area contributed by atoms with Crippen LogP contribution in [0.2, 0.25) is 0 Å². The molecule has 0 aliphatic heterocycles. The Morgan fingerprint density at radius 1 is 1.36 bits per heavy atom. The van der Waals surface area contributed by atoms with Gasteiger partial charge < -0.3 is 5.32 Å². The van der Waals surface area contributed by atoms with Crippen LogP contribution < -0.4 is 10.8 Å². The summed E-state index contributed by atoms with van der Waals surface area (Å²) in [5, 5.41) is 12.9. The third-order valence-corrected chi connectivity index (χ3v) is 2.11. The predicted octanol–water partition coefficient (Wildman–Crippen LogP) is 2.08. The van der Waals surface area contributed by atoms with E-state index in [1.807, 2.05) is 25.2 Å². The maximum Gasteiger partial charge on any atom is 0.0957 e. The number of pyridine rings is 1. The zero-order valence-corrected chi connectivity index (χ0v) is 7.78. The van der Waals surface area contributed by atoms with Gasteiger partial charge in [-0.2, -0.15) is 0 Å². The molecule has 0 fully saturated rings. The van der Waals surface area contributed by atoms with Crippen LogP contribution in [0, 0.1) is 0 Å². The minimum absolute atomic E-state index is 0.604. The lowest BCUT2D eigenvalue weighted by Crippen LogP contribution is -1.95. The van der Waals surface area contributed by atoms with Crippen LogP contribution in [0.3, 0.4) is 0 Å². The maximum absolute atomic E-state index is 8.94. The zero-order valence-electron chi connectivity index (χ0n) is 7.78. The summed E-state index contributed by atoms with van der Waals surface area (Å²) in [6.07, 6.45) is 1.70. The minimum atomic E-state index is 0.604. The van der Waals surface area contributed by atoms with Gasteiger partial charge in [0.05, 0.1) is 11.2 Å². The summed E-state index contributed by atoms with van der Waals surface area (Å²) in [5.74, 6) is 0. The highest BCUT2D eigenvalue weighted by Crippen LogP contribution is 2.25. The highest BCUT2D eigenvalue weighted by molar-refractivity contribution is 5.93. The molecule has 1 aromatic carbocycles. The molecule has 2 aromatic rings. The highest BCUT2D eigenvalue weighted by atomic mass is 16.5. The molecule has 0 aliphatic rings. The Morgan fingerprint density at radius 3 is 2.93 bits per heavy atom. The monoisotopic (exact) mass is 189 g/mol. The third kappa shape index (κ3) is 1.36. The Kier molecular flexibility index (Phi) is 2.20. The van der Waals surface area contributed by atoms with E-state index < -0.39 is 0 Å². The van der Waals surface area contributed by atoms with Gasteiger partial charge in [0, 0.05) is 24.3 Å². The van der Waals surface area contributed by atoms with Crippen LogP contribution in [-0.2, 0) is 0 Å². The average Bonchev–Trinajstić information content (AvgIpc) is 2.27. The first kappa shape index (κ1) is 8.77. The molecule has 1 aromatic heterocycles. The van der Waals surface area contributed by atoms with Crippen molar-refractivity contribution in [3.8, 4) is 0 Å². The van der Waals surface area contributed by atoms with Crippen molar-refractivity contribution in [3.05, 3.63) is 30.5 Å². The van der Waals surface area contributed by atoms with Crippen molar-refractivity contribution in [2.75, 3.05) is 17.8 Å². The maximum atomic E-state index is 8.94. The van der Waals surface area contributed by atoms with Crippen LogP contribution in [0.4, 0.5) is 11.4 Å². The van der Waals surface area contributed by atoms with Gasteiger partial charge in [-0.05, 0) is 18.2 Å². The van der Waals surface area contributed by atoms with Gasteiger partial charge in [-0.15, -0.1) is 0 Å². The summed E-state index contributed by atoms with van der Waals surface area (Å²) in [5.41, 5.74) is 4.44. The van der Waals surface area contributed by atoms with Crippen molar-refractivity contribution in [3.63, 3.8) is 0 Å². The Hall–Kier alpha value is -1.81. The molecule has 72 valence electrons. The van der Waals surface area contributed by atoms with Gasteiger partial charge in [-0.1, -0.05) is 6.07 Å². The van der Waals surface area contributed by atoms with Gasteiger partial charge in [0.2, 0.25) is 0 Å². The topological polar surface area (TPSA) is 57.2 Å². The van der Waals surface area contributed by atoms with Crippen LogP contribution in [0.25, 0.3) is 10.9 Å². The van der Waals surface area contributed by atoms with Crippen molar-refractivity contribution in [2.24, 2.45) is 0 Å². The van der Waals surface area contributed by atoms with Crippen LogP contribution in [0.1, 0.15) is 0 Å². The molecule has 0 unspecified atom stereocenters. The number of benzene rings is 1. The highest BCUT2D eigenvalue weighted by Gasteiger charge is 2.02. The smallest absolute Gasteiger partial charge is 0.0957 e. The van der Waals surface area contributed by atoms with E-state index in [0.29, 0.717) is 5.69 Å². The first-order valence-electron chi connectivity index (χ1n) is 4.32. The molecule has 0 saturated heterocycles. The average molecular weight is 189 g/mol. The standard InChI is InChI=1S/C10H11N3O/c1-11-8-5-7-3-2-4-12-10(7)9(6-8)13-14/h2-6,11,13-14H,1H3. The van der Waals surface area contributed by atoms with E-state index in [1.54, 1.807) is 12.3 Å². The van der Waals surface area contributed by atoms with Crippen molar-refractivity contribution in [1.82, 2.24) is 4.98 Å². The van der Waals surface area contributed by atoms with Gasteiger partial charge in [0.1, 0.15) is 0 Å². The molecule has 1 heterocycles. The fraction of sp³-hybridized carbons (Fsp3) is 0.100. The van der Waals surface area contributed by atoms with Crippen molar-refractivity contribution in [1.29, 1.82) is 0 Å². The lowest BCUT2D eigenvalue weighted by Gasteiger charge is -2.07. The molecule has 14 heavy (non-hydrogen) atoms. The molecule has 4 heteroatoms. The third-order valence-electron chi connectivity index (χ3n) is 2.11. The molecular formula is C10H11N3O. The summed E-state index contributed by atoms with van der Waals surface area (Å²) < 4.78 is 0. The number of rotatable bonds is 2. The molecule has 0 saturated carbocycles. The number of aromatic nitrogens is 1. The Labute approximate surface area is 81.5 Å². The van der Waals surface area contributed by atoms with Gasteiger partial charge in [0.25, 0.3) is 0 Å². The van der Waals surface area contributed by atoms with E-state index in [0.717, 1.165) is 16.6 Å². The largest absolute Gasteiger partial charge is 0.388 e. The molecule has 4 nitrogen and oxygen atoms in total. The van der Waals surface area contributed by atoms with E-state index in [9.17, 15) is 0 Å². The number of hydrogen-bond acceptors (Lipinski definition) is 4. The van der Waals surface area contributed by atoms with E-state index in [4.69, 9.17) is 5.21 Å². The number of hydrogen-bond donors (Lipinski definition) is 3. The molecule has 2 rings (SSSR count). The molecule has 0 bridgehead atoms. The van der Waals surface area contributed by atoms with Gasteiger partial charge in [-0.25, -0.2) is 0 Å². The Bertz CT molecular complexity index is 456. The van der Waals surface area contributed by atoms with Crippen molar-refractivity contribution in [2.45, 2.75) is 0 Å². The van der Waals surface area contributed by atoms with E-state index >= 15 is 0 Å². The first-order chi connectivity index (χ1) is 6.85. The molecule has 0 aliphatic carbocycles. The van der Waals surface area contributed by atoms with E-state index in [-0.39, 0.29) is 0 Å². The second-order valence-corrected chi connectivity index (χ2v) is 2.96. The van der Waals surface area contributed by atoms with Gasteiger partial charge >= 0.3 is 0 Å². The zero-order chi connectivity index (χ0) is 9.97. The number of fused-ring (bicyclic) bond motifs is 1. The van der Waals surface area contributed by atoms with Gasteiger partial charge in [-0.3, -0.25) is 15.7 Å². The molecule has 3 N–H and O–H groups in total. The summed E-state index contributed by atoms with van der Waals surface area (Å²) in [6, 6.07) is 7.59. The van der Waals surface area contributed by atoms with Crippen LogP contribution in [-0.4, -0.2) is 17.2 Å². The molecule has 0 amide bonds. The summed E-state index contributed by atoms with van der Waals surface area (Å²) in [4.78, 5) is 4.18. The second kappa shape index (κ2) is 3.51. The molecule has 0 radical (unpaired) electrons. The Balaban J connectivity index is 2.73. The normalized spacial score (nSPS) is 10.1.